The van der Waals surface area contributed by atoms with Crippen molar-refractivity contribution in [1.29, 1.82) is 0 Å². The van der Waals surface area contributed by atoms with Crippen molar-refractivity contribution in [3.63, 3.8) is 0 Å². The number of ether oxygens (including phenoxy) is 4. The molecule has 0 aliphatic carbocycles. The third-order valence-electron chi connectivity index (χ3n) is 6.51. The molecular weight excluding hydrogens is 540 g/mol. The Labute approximate surface area is 246 Å². The molecule has 5 N–H and O–H groups in total. The number of amides is 1. The van der Waals surface area contributed by atoms with Crippen molar-refractivity contribution in [3.05, 3.63) is 36.5 Å². The third kappa shape index (κ3) is 7.55. The zero-order valence-electron chi connectivity index (χ0n) is 25.2. The van der Waals surface area contributed by atoms with Crippen LogP contribution in [-0.2, 0) is 4.74 Å². The van der Waals surface area contributed by atoms with Gasteiger partial charge in [0.2, 0.25) is 5.95 Å². The second-order valence-electron chi connectivity index (χ2n) is 10.8. The lowest BCUT2D eigenvalue weighted by molar-refractivity contribution is 0.0636. The van der Waals surface area contributed by atoms with Crippen molar-refractivity contribution in [2.45, 2.75) is 26.4 Å². The molecule has 1 amide bonds. The number of aromatic nitrogens is 2. The third-order valence-corrected chi connectivity index (χ3v) is 6.51. The van der Waals surface area contributed by atoms with Crippen LogP contribution in [0.2, 0.25) is 0 Å². The second-order valence-corrected chi connectivity index (χ2v) is 10.8. The average Bonchev–Trinajstić information content (AvgIpc) is 2.93. The highest BCUT2D eigenvalue weighted by Crippen LogP contribution is 2.38. The molecule has 3 aromatic rings. The number of nitrogens with zero attached hydrogens (tertiary/aromatic N) is 4. The molecular formula is C29H40N8O5. The number of likely N-dealkylation sites (N-methyl/N-ethyl adjacent to an activating group) is 1. The van der Waals surface area contributed by atoms with E-state index >= 15 is 0 Å². The molecule has 1 aromatic heterocycles. The van der Waals surface area contributed by atoms with Gasteiger partial charge in [-0.1, -0.05) is 0 Å². The SMILES string of the molecule is COc1cc(N2CCN(C)CC2)c(N)cc1Nc1ncc(OC)c(Nc2cc(NC(=O)OC(C)(C)C)ccc2OC)n1. The largest absolute Gasteiger partial charge is 0.495 e. The number of nitrogen functional groups attached to an aromatic ring is 1. The van der Waals surface area contributed by atoms with Crippen LogP contribution < -0.4 is 40.8 Å². The minimum Gasteiger partial charge on any atom is -0.495 e. The molecule has 1 fully saturated rings. The molecule has 0 saturated carbocycles. The molecule has 0 unspecified atom stereocenters. The number of carbonyl (C=O) groups is 1. The highest BCUT2D eigenvalue weighted by atomic mass is 16.6. The van der Waals surface area contributed by atoms with E-state index < -0.39 is 11.7 Å². The summed E-state index contributed by atoms with van der Waals surface area (Å²) in [5, 5.41) is 9.17. The van der Waals surface area contributed by atoms with E-state index in [1.54, 1.807) is 59.4 Å². The summed E-state index contributed by atoms with van der Waals surface area (Å²) in [6.45, 7) is 9.08. The molecule has 0 radical (unpaired) electrons. The van der Waals surface area contributed by atoms with Crippen LogP contribution in [0.25, 0.3) is 0 Å². The average molecular weight is 581 g/mol. The van der Waals surface area contributed by atoms with Crippen molar-refractivity contribution >= 4 is 46.3 Å². The number of rotatable bonds is 9. The molecule has 2 aromatic carbocycles. The quantitative estimate of drug-likeness (QED) is 0.261. The van der Waals surface area contributed by atoms with E-state index in [0.717, 1.165) is 31.9 Å². The van der Waals surface area contributed by atoms with Gasteiger partial charge in [-0.3, -0.25) is 5.32 Å². The Kier molecular flexibility index (Phi) is 9.31. The summed E-state index contributed by atoms with van der Waals surface area (Å²) in [4.78, 5) is 25.9. The van der Waals surface area contributed by atoms with E-state index in [9.17, 15) is 4.79 Å². The summed E-state index contributed by atoms with van der Waals surface area (Å²) in [7, 11) is 6.79. The van der Waals surface area contributed by atoms with Crippen LogP contribution >= 0.6 is 0 Å². The predicted octanol–water partition coefficient (Wildman–Crippen LogP) is 4.67. The first-order chi connectivity index (χ1) is 20.0. The number of nitrogens with two attached hydrogens (primary N) is 1. The van der Waals surface area contributed by atoms with Crippen molar-refractivity contribution in [2.75, 3.05) is 81.1 Å². The van der Waals surface area contributed by atoms with Crippen molar-refractivity contribution in [2.24, 2.45) is 0 Å². The van der Waals surface area contributed by atoms with Gasteiger partial charge in [0.25, 0.3) is 0 Å². The number of carbonyl (C=O) groups excluding carboxylic acids is 1. The summed E-state index contributed by atoms with van der Waals surface area (Å²) in [5.74, 6) is 2.17. The molecule has 0 bridgehead atoms. The number of piperazine rings is 1. The maximum Gasteiger partial charge on any atom is 0.412 e. The molecule has 2 heterocycles. The summed E-state index contributed by atoms with van der Waals surface area (Å²) in [6, 6.07) is 8.89. The van der Waals surface area contributed by atoms with Gasteiger partial charge in [-0.25, -0.2) is 9.78 Å². The maximum absolute atomic E-state index is 12.3. The van der Waals surface area contributed by atoms with E-state index in [4.69, 9.17) is 24.7 Å². The number of anilines is 7. The van der Waals surface area contributed by atoms with Gasteiger partial charge in [-0.05, 0) is 52.1 Å². The number of methoxy groups -OCH3 is 3. The van der Waals surface area contributed by atoms with E-state index in [1.165, 1.54) is 7.11 Å². The highest BCUT2D eigenvalue weighted by molar-refractivity contribution is 5.87. The molecule has 1 aliphatic heterocycles. The Balaban J connectivity index is 1.59. The molecule has 1 aliphatic rings. The van der Waals surface area contributed by atoms with Crippen molar-refractivity contribution < 1.29 is 23.7 Å². The Morgan fingerprint density at radius 3 is 2.21 bits per heavy atom. The topological polar surface area (TPSA) is 148 Å². The molecule has 13 nitrogen and oxygen atoms in total. The Morgan fingerprint density at radius 1 is 0.905 bits per heavy atom. The van der Waals surface area contributed by atoms with Crippen LogP contribution in [0.5, 0.6) is 17.2 Å². The highest BCUT2D eigenvalue weighted by Gasteiger charge is 2.20. The predicted molar refractivity (Wildman–Crippen MR) is 165 cm³/mol. The first kappa shape index (κ1) is 30.3. The lowest BCUT2D eigenvalue weighted by Crippen LogP contribution is -2.44. The van der Waals surface area contributed by atoms with Gasteiger partial charge in [-0.2, -0.15) is 4.98 Å². The summed E-state index contributed by atoms with van der Waals surface area (Å²) < 4.78 is 22.1. The number of hydrogen-bond acceptors (Lipinski definition) is 12. The minimum absolute atomic E-state index is 0.283. The zero-order valence-corrected chi connectivity index (χ0v) is 25.2. The van der Waals surface area contributed by atoms with E-state index in [2.05, 4.69) is 42.8 Å². The summed E-state index contributed by atoms with van der Waals surface area (Å²) in [6.07, 6.45) is 0.970. The monoisotopic (exact) mass is 580 g/mol. The second kappa shape index (κ2) is 12.9. The normalized spacial score (nSPS) is 13.7. The number of benzene rings is 2. The molecule has 1 saturated heterocycles. The first-order valence-electron chi connectivity index (χ1n) is 13.5. The maximum atomic E-state index is 12.3. The Bertz CT molecular complexity index is 1400. The van der Waals surface area contributed by atoms with Crippen molar-refractivity contribution in [3.8, 4) is 17.2 Å². The van der Waals surface area contributed by atoms with Crippen LogP contribution in [0, 0.1) is 0 Å². The number of nitrogens with one attached hydrogen (secondary N) is 3. The fourth-order valence-electron chi connectivity index (χ4n) is 4.40. The van der Waals surface area contributed by atoms with Crippen LogP contribution in [-0.4, -0.2) is 81.1 Å². The fraction of sp³-hybridized carbons (Fsp3) is 0.414. The molecule has 0 spiro atoms. The summed E-state index contributed by atoms with van der Waals surface area (Å²) in [5.41, 5.74) is 9.04. The van der Waals surface area contributed by atoms with Gasteiger partial charge in [-0.15, -0.1) is 0 Å². The van der Waals surface area contributed by atoms with Crippen LogP contribution in [0.4, 0.5) is 45.0 Å². The Hall–Kier alpha value is -4.65. The molecule has 42 heavy (non-hydrogen) atoms. The van der Waals surface area contributed by atoms with Gasteiger partial charge < -0.3 is 45.1 Å². The van der Waals surface area contributed by atoms with Gasteiger partial charge in [0, 0.05) is 37.9 Å². The summed E-state index contributed by atoms with van der Waals surface area (Å²) >= 11 is 0. The van der Waals surface area contributed by atoms with Crippen LogP contribution in [0.1, 0.15) is 20.8 Å². The first-order valence-corrected chi connectivity index (χ1v) is 13.5. The fourth-order valence-corrected chi connectivity index (χ4v) is 4.40. The molecule has 0 atom stereocenters. The molecule has 13 heteroatoms. The Morgan fingerprint density at radius 2 is 1.57 bits per heavy atom. The van der Waals surface area contributed by atoms with Gasteiger partial charge >= 0.3 is 6.09 Å². The van der Waals surface area contributed by atoms with Crippen LogP contribution in [0.3, 0.4) is 0 Å². The van der Waals surface area contributed by atoms with E-state index in [0.29, 0.717) is 45.8 Å². The van der Waals surface area contributed by atoms with Crippen molar-refractivity contribution in [1.82, 2.24) is 14.9 Å². The lowest BCUT2D eigenvalue weighted by atomic mass is 10.2. The smallest absolute Gasteiger partial charge is 0.412 e. The van der Waals surface area contributed by atoms with Gasteiger partial charge in [0.15, 0.2) is 11.6 Å². The standard InChI is InChI=1S/C29H40N8O5/c1-29(2,3)42-28(38)32-18-8-9-23(39-5)20(14-18)33-26-25(41-7)17-31-27(35-26)34-21-15-19(30)22(16-24(21)40-6)37-12-10-36(4)11-13-37/h8-9,14-17H,10-13,30H2,1-7H3,(H,32,38)(H2,31,33,34,35). The van der Waals surface area contributed by atoms with Gasteiger partial charge in [0.05, 0.1) is 50.3 Å². The lowest BCUT2D eigenvalue weighted by Gasteiger charge is -2.35. The van der Waals surface area contributed by atoms with E-state index in [1.807, 2.05) is 12.1 Å². The number of hydrogen-bond donors (Lipinski definition) is 4. The zero-order chi connectivity index (χ0) is 30.4. The van der Waals surface area contributed by atoms with E-state index in [-0.39, 0.29) is 5.95 Å². The van der Waals surface area contributed by atoms with Gasteiger partial charge in [0.1, 0.15) is 17.1 Å². The van der Waals surface area contributed by atoms with Crippen LogP contribution in [0.15, 0.2) is 36.5 Å². The minimum atomic E-state index is -0.631. The molecule has 226 valence electrons. The molecule has 4 rings (SSSR count).